The lowest BCUT2D eigenvalue weighted by Crippen LogP contribution is -2.02. The number of nitrogens with zero attached hydrogens (tertiary/aromatic N) is 1. The molecule has 2 rings (SSSR count). The molecule has 5 nitrogen and oxygen atoms in total. The van der Waals surface area contributed by atoms with Crippen LogP contribution in [0, 0.1) is 0 Å². The van der Waals surface area contributed by atoms with Crippen molar-refractivity contribution in [2.75, 3.05) is 14.2 Å². The topological polar surface area (TPSA) is 68.7 Å². The number of carboxylic acids is 1. The fourth-order valence-corrected chi connectivity index (χ4v) is 1.74. The normalized spacial score (nSPS) is 10.3. The molecular weight excluding hydrogens is 234 g/mol. The third-order valence-electron chi connectivity index (χ3n) is 2.58. The number of fused-ring (bicyclic) bond motifs is 1. The Labute approximate surface area is 104 Å². The van der Waals surface area contributed by atoms with Crippen LogP contribution in [0.25, 0.3) is 10.9 Å². The smallest absolute Gasteiger partial charge is 0.309 e. The molecule has 1 aromatic carbocycles. The highest BCUT2D eigenvalue weighted by atomic mass is 16.5. The van der Waals surface area contributed by atoms with Gasteiger partial charge in [0.05, 0.1) is 26.3 Å². The number of ether oxygens (including phenoxy) is 2. The number of aromatic nitrogens is 1. The SMILES string of the molecule is COc1cc(OC)c2nc(CC(=O)O)ccc2c1. The van der Waals surface area contributed by atoms with E-state index in [2.05, 4.69) is 4.98 Å². The Kier molecular flexibility index (Phi) is 3.32. The van der Waals surface area contributed by atoms with Crippen LogP contribution in [0.4, 0.5) is 0 Å². The fourth-order valence-electron chi connectivity index (χ4n) is 1.74. The van der Waals surface area contributed by atoms with Crippen molar-refractivity contribution in [2.24, 2.45) is 0 Å². The van der Waals surface area contributed by atoms with Crippen LogP contribution < -0.4 is 9.47 Å². The van der Waals surface area contributed by atoms with Crippen LogP contribution in [-0.4, -0.2) is 30.3 Å². The van der Waals surface area contributed by atoms with E-state index in [1.54, 1.807) is 26.4 Å². The number of hydrogen-bond acceptors (Lipinski definition) is 4. The van der Waals surface area contributed by atoms with E-state index < -0.39 is 5.97 Å². The highest BCUT2D eigenvalue weighted by molar-refractivity contribution is 5.86. The van der Waals surface area contributed by atoms with Crippen LogP contribution in [0.15, 0.2) is 24.3 Å². The first-order valence-corrected chi connectivity index (χ1v) is 5.37. The third kappa shape index (κ3) is 2.34. The quantitative estimate of drug-likeness (QED) is 0.893. The van der Waals surface area contributed by atoms with Crippen LogP contribution in [0.2, 0.25) is 0 Å². The van der Waals surface area contributed by atoms with Crippen molar-refractivity contribution in [1.29, 1.82) is 0 Å². The molecule has 0 amide bonds. The second-order valence-corrected chi connectivity index (χ2v) is 3.77. The molecule has 0 radical (unpaired) electrons. The second kappa shape index (κ2) is 4.91. The van der Waals surface area contributed by atoms with E-state index in [0.29, 0.717) is 22.7 Å². The molecule has 5 heteroatoms. The highest BCUT2D eigenvalue weighted by Crippen LogP contribution is 2.29. The van der Waals surface area contributed by atoms with E-state index in [4.69, 9.17) is 14.6 Å². The summed E-state index contributed by atoms with van der Waals surface area (Å²) < 4.78 is 10.4. The first-order valence-electron chi connectivity index (χ1n) is 5.37. The fraction of sp³-hybridized carbons (Fsp3) is 0.231. The molecule has 0 saturated heterocycles. The van der Waals surface area contributed by atoms with Gasteiger partial charge in [-0.15, -0.1) is 0 Å². The Bertz CT molecular complexity index is 595. The van der Waals surface area contributed by atoms with Crippen molar-refractivity contribution >= 4 is 16.9 Å². The monoisotopic (exact) mass is 247 g/mol. The molecule has 0 bridgehead atoms. The molecule has 0 aliphatic heterocycles. The number of rotatable bonds is 4. The first-order chi connectivity index (χ1) is 8.63. The summed E-state index contributed by atoms with van der Waals surface area (Å²) in [5.74, 6) is 0.332. The van der Waals surface area contributed by atoms with Crippen molar-refractivity contribution in [3.8, 4) is 11.5 Å². The molecular formula is C13H13NO4. The zero-order chi connectivity index (χ0) is 13.1. The summed E-state index contributed by atoms with van der Waals surface area (Å²) in [6.07, 6.45) is -0.106. The molecule has 0 spiro atoms. The average molecular weight is 247 g/mol. The highest BCUT2D eigenvalue weighted by Gasteiger charge is 2.09. The van der Waals surface area contributed by atoms with Crippen LogP contribution in [-0.2, 0) is 11.2 Å². The summed E-state index contributed by atoms with van der Waals surface area (Å²) in [6.45, 7) is 0. The zero-order valence-electron chi connectivity index (χ0n) is 10.1. The summed E-state index contributed by atoms with van der Waals surface area (Å²) in [6, 6.07) is 7.05. The lowest BCUT2D eigenvalue weighted by atomic mass is 10.1. The Hall–Kier alpha value is -2.30. The number of hydrogen-bond donors (Lipinski definition) is 1. The van der Waals surface area contributed by atoms with Crippen molar-refractivity contribution in [1.82, 2.24) is 4.98 Å². The van der Waals surface area contributed by atoms with E-state index in [0.717, 1.165) is 5.39 Å². The van der Waals surface area contributed by atoms with E-state index in [-0.39, 0.29) is 6.42 Å². The van der Waals surface area contributed by atoms with E-state index in [9.17, 15) is 4.79 Å². The molecule has 1 aromatic heterocycles. The van der Waals surface area contributed by atoms with Gasteiger partial charge in [-0.3, -0.25) is 4.79 Å². The molecule has 0 aliphatic carbocycles. The largest absolute Gasteiger partial charge is 0.497 e. The lowest BCUT2D eigenvalue weighted by molar-refractivity contribution is -0.136. The molecule has 0 fully saturated rings. The summed E-state index contributed by atoms with van der Waals surface area (Å²) in [4.78, 5) is 15.0. The molecule has 1 heterocycles. The number of pyridine rings is 1. The van der Waals surface area contributed by atoms with Crippen molar-refractivity contribution < 1.29 is 19.4 Å². The Balaban J connectivity index is 2.57. The number of aliphatic carboxylic acids is 1. The number of carboxylic acid groups (broad SMARTS) is 1. The van der Waals surface area contributed by atoms with Gasteiger partial charge in [-0.2, -0.15) is 0 Å². The van der Waals surface area contributed by atoms with Crippen LogP contribution in [0.5, 0.6) is 11.5 Å². The van der Waals surface area contributed by atoms with Gasteiger partial charge in [0.25, 0.3) is 0 Å². The van der Waals surface area contributed by atoms with Gasteiger partial charge in [0, 0.05) is 11.5 Å². The minimum Gasteiger partial charge on any atom is -0.497 e. The maximum atomic E-state index is 10.7. The van der Waals surface area contributed by atoms with Crippen LogP contribution in [0.3, 0.4) is 0 Å². The van der Waals surface area contributed by atoms with Crippen LogP contribution in [0.1, 0.15) is 5.69 Å². The molecule has 2 aromatic rings. The minimum absolute atomic E-state index is 0.106. The van der Waals surface area contributed by atoms with Gasteiger partial charge in [-0.05, 0) is 12.1 Å². The Morgan fingerprint density at radius 3 is 2.67 bits per heavy atom. The number of benzene rings is 1. The Morgan fingerprint density at radius 1 is 1.28 bits per heavy atom. The first kappa shape index (κ1) is 12.2. The molecule has 0 unspecified atom stereocenters. The standard InChI is InChI=1S/C13H13NO4/c1-17-10-5-8-3-4-9(6-12(15)16)14-13(8)11(7-10)18-2/h3-5,7H,6H2,1-2H3,(H,15,16). The third-order valence-corrected chi connectivity index (χ3v) is 2.58. The van der Waals surface area contributed by atoms with E-state index >= 15 is 0 Å². The predicted molar refractivity (Wildman–Crippen MR) is 66.2 cm³/mol. The van der Waals surface area contributed by atoms with E-state index in [1.165, 1.54) is 0 Å². The molecule has 94 valence electrons. The Morgan fingerprint density at radius 2 is 2.06 bits per heavy atom. The second-order valence-electron chi connectivity index (χ2n) is 3.77. The van der Waals surface area contributed by atoms with E-state index in [1.807, 2.05) is 12.1 Å². The van der Waals surface area contributed by atoms with Crippen molar-refractivity contribution in [2.45, 2.75) is 6.42 Å². The summed E-state index contributed by atoms with van der Waals surface area (Å²) >= 11 is 0. The van der Waals surface area contributed by atoms with Crippen molar-refractivity contribution in [3.63, 3.8) is 0 Å². The van der Waals surface area contributed by atoms with Crippen LogP contribution >= 0.6 is 0 Å². The molecule has 0 saturated carbocycles. The maximum absolute atomic E-state index is 10.7. The minimum atomic E-state index is -0.908. The summed E-state index contributed by atoms with van der Waals surface area (Å²) in [5.41, 5.74) is 1.13. The number of carbonyl (C=O) groups is 1. The maximum Gasteiger partial charge on any atom is 0.309 e. The van der Waals surface area contributed by atoms with Gasteiger partial charge in [-0.1, -0.05) is 6.07 Å². The molecule has 18 heavy (non-hydrogen) atoms. The van der Waals surface area contributed by atoms with Gasteiger partial charge in [-0.25, -0.2) is 4.98 Å². The van der Waals surface area contributed by atoms with Gasteiger partial charge in [0.15, 0.2) is 0 Å². The molecule has 0 atom stereocenters. The summed E-state index contributed by atoms with van der Waals surface area (Å²) in [5, 5.41) is 9.60. The number of methoxy groups -OCH3 is 2. The van der Waals surface area contributed by atoms with Gasteiger partial charge in [0.2, 0.25) is 0 Å². The van der Waals surface area contributed by atoms with Gasteiger partial charge >= 0.3 is 5.97 Å². The molecule has 1 N–H and O–H groups in total. The van der Waals surface area contributed by atoms with Crippen molar-refractivity contribution in [3.05, 3.63) is 30.0 Å². The summed E-state index contributed by atoms with van der Waals surface area (Å²) in [7, 11) is 3.12. The predicted octanol–water partition coefficient (Wildman–Crippen LogP) is 1.88. The molecule has 0 aliphatic rings. The lowest BCUT2D eigenvalue weighted by Gasteiger charge is -2.08. The average Bonchev–Trinajstić information content (AvgIpc) is 2.36. The van der Waals surface area contributed by atoms with Gasteiger partial charge in [0.1, 0.15) is 17.0 Å². The zero-order valence-corrected chi connectivity index (χ0v) is 10.1. The van der Waals surface area contributed by atoms with Gasteiger partial charge < -0.3 is 14.6 Å².